The molecule has 2 unspecified atom stereocenters. The number of benzene rings is 1. The van der Waals surface area contributed by atoms with Gasteiger partial charge in [0.25, 0.3) is 0 Å². The van der Waals surface area contributed by atoms with Gasteiger partial charge >= 0.3 is 0 Å². The minimum atomic E-state index is -0.349. The van der Waals surface area contributed by atoms with Gasteiger partial charge in [0.05, 0.1) is 11.6 Å². The molecule has 3 N–H and O–H groups in total. The maximum atomic E-state index is 14.3. The van der Waals surface area contributed by atoms with Gasteiger partial charge in [0.15, 0.2) is 0 Å². The molecule has 0 saturated heterocycles. The molecule has 1 heterocycles. The van der Waals surface area contributed by atoms with E-state index in [1.807, 2.05) is 13.0 Å². The lowest BCUT2D eigenvalue weighted by atomic mass is 9.81. The summed E-state index contributed by atoms with van der Waals surface area (Å²) in [7, 11) is 0. The second-order valence-electron chi connectivity index (χ2n) is 6.34. The summed E-state index contributed by atoms with van der Waals surface area (Å²) in [6.45, 7) is 1.95. The van der Waals surface area contributed by atoms with Crippen molar-refractivity contribution in [2.24, 2.45) is 11.7 Å². The van der Waals surface area contributed by atoms with E-state index < -0.39 is 0 Å². The molecule has 21 heavy (non-hydrogen) atoms. The molecule has 0 aromatic heterocycles. The maximum absolute atomic E-state index is 14.3. The van der Waals surface area contributed by atoms with Crippen molar-refractivity contribution in [2.75, 3.05) is 5.32 Å². The van der Waals surface area contributed by atoms with Gasteiger partial charge in [0, 0.05) is 6.04 Å². The topological polar surface area (TPSA) is 55.1 Å². The molecule has 3 nitrogen and oxygen atoms in total. The van der Waals surface area contributed by atoms with Crippen molar-refractivity contribution in [1.29, 1.82) is 0 Å². The van der Waals surface area contributed by atoms with Crippen molar-refractivity contribution in [3.63, 3.8) is 0 Å². The average Bonchev–Trinajstić information content (AvgIpc) is 2.83. The lowest BCUT2D eigenvalue weighted by Crippen LogP contribution is -2.23. The third kappa shape index (κ3) is 2.57. The number of hydrogen-bond acceptors (Lipinski definition) is 2. The Morgan fingerprint density at radius 2 is 2.05 bits per heavy atom. The molecule has 0 spiro atoms. The first-order chi connectivity index (χ1) is 10.1. The highest BCUT2D eigenvalue weighted by Gasteiger charge is 2.33. The van der Waals surface area contributed by atoms with Gasteiger partial charge in [-0.3, -0.25) is 4.79 Å². The molecule has 1 aliphatic carbocycles. The second-order valence-corrected chi connectivity index (χ2v) is 6.34. The predicted octanol–water partition coefficient (Wildman–Crippen LogP) is 3.85. The molecule has 1 saturated carbocycles. The molecule has 2 atom stereocenters. The minimum Gasteiger partial charge on any atom is -0.324 e. The highest BCUT2D eigenvalue weighted by molar-refractivity contribution is 6.03. The van der Waals surface area contributed by atoms with Crippen LogP contribution in [-0.4, -0.2) is 5.91 Å². The second kappa shape index (κ2) is 5.76. The van der Waals surface area contributed by atoms with Crippen LogP contribution in [0.2, 0.25) is 0 Å². The zero-order valence-electron chi connectivity index (χ0n) is 12.5. The predicted molar refractivity (Wildman–Crippen MR) is 81.6 cm³/mol. The Bertz CT molecular complexity index is 552. The molecule has 114 valence electrons. The Labute approximate surface area is 125 Å². The van der Waals surface area contributed by atoms with Gasteiger partial charge in [-0.05, 0) is 42.4 Å². The van der Waals surface area contributed by atoms with Crippen LogP contribution in [0.5, 0.6) is 0 Å². The Morgan fingerprint density at radius 3 is 2.71 bits per heavy atom. The molecule has 2 aliphatic rings. The summed E-state index contributed by atoms with van der Waals surface area (Å²) in [6, 6.07) is 3.33. The number of hydrogen-bond donors (Lipinski definition) is 2. The van der Waals surface area contributed by atoms with Crippen LogP contribution < -0.4 is 11.1 Å². The van der Waals surface area contributed by atoms with E-state index in [1.54, 1.807) is 0 Å². The van der Waals surface area contributed by atoms with Gasteiger partial charge in [-0.15, -0.1) is 0 Å². The fourth-order valence-electron chi connectivity index (χ4n) is 3.77. The van der Waals surface area contributed by atoms with Crippen LogP contribution in [0, 0.1) is 11.7 Å². The molecular formula is C17H23FN2O. The first kappa shape index (κ1) is 14.5. The summed E-state index contributed by atoms with van der Waals surface area (Å²) in [5.41, 5.74) is 8.36. The van der Waals surface area contributed by atoms with Crippen LogP contribution in [0.3, 0.4) is 0 Å². The van der Waals surface area contributed by atoms with Crippen LogP contribution in [-0.2, 0) is 4.79 Å². The third-order valence-corrected chi connectivity index (χ3v) is 5.03. The summed E-state index contributed by atoms with van der Waals surface area (Å²) >= 11 is 0. The average molecular weight is 290 g/mol. The first-order valence-electron chi connectivity index (χ1n) is 8.01. The van der Waals surface area contributed by atoms with E-state index in [2.05, 4.69) is 5.32 Å². The standard InChI is InChI=1S/C17H23FN2O/c1-2-12-13-8-11(9-14(18)16(13)20-17(12)21)15(19)10-6-4-3-5-7-10/h8-10,12,15H,2-7,19H2,1H3,(H,20,21). The van der Waals surface area contributed by atoms with Gasteiger partial charge in [-0.2, -0.15) is 0 Å². The van der Waals surface area contributed by atoms with Crippen LogP contribution in [0.15, 0.2) is 12.1 Å². The zero-order valence-corrected chi connectivity index (χ0v) is 12.5. The molecule has 3 rings (SSSR count). The Kier molecular flexibility index (Phi) is 3.98. The fourth-order valence-corrected chi connectivity index (χ4v) is 3.77. The van der Waals surface area contributed by atoms with Crippen molar-refractivity contribution in [3.05, 3.63) is 29.1 Å². The molecular weight excluding hydrogens is 267 g/mol. The van der Waals surface area contributed by atoms with E-state index in [-0.39, 0.29) is 23.7 Å². The summed E-state index contributed by atoms with van der Waals surface area (Å²) in [6.07, 6.45) is 6.62. The smallest absolute Gasteiger partial charge is 0.232 e. The van der Waals surface area contributed by atoms with Crippen molar-refractivity contribution in [1.82, 2.24) is 0 Å². The molecule has 0 radical (unpaired) electrons. The SMILES string of the molecule is CCC1C(=O)Nc2c(F)cc(C(N)C3CCCCC3)cc21. The molecule has 1 aromatic carbocycles. The molecule has 1 fully saturated rings. The summed E-state index contributed by atoms with van der Waals surface area (Å²) in [5, 5.41) is 2.66. The number of nitrogens with two attached hydrogens (primary N) is 1. The number of rotatable bonds is 3. The number of carbonyl (C=O) groups is 1. The molecule has 0 bridgehead atoms. The monoisotopic (exact) mass is 290 g/mol. The fraction of sp³-hybridized carbons (Fsp3) is 0.588. The Balaban J connectivity index is 1.92. The van der Waals surface area contributed by atoms with E-state index in [0.29, 0.717) is 18.0 Å². The van der Waals surface area contributed by atoms with Gasteiger partial charge < -0.3 is 11.1 Å². The number of carbonyl (C=O) groups excluding carboxylic acids is 1. The van der Waals surface area contributed by atoms with E-state index in [0.717, 1.165) is 24.0 Å². The highest BCUT2D eigenvalue weighted by atomic mass is 19.1. The zero-order chi connectivity index (χ0) is 15.0. The maximum Gasteiger partial charge on any atom is 0.232 e. The Hall–Kier alpha value is -1.42. The normalized spacial score (nSPS) is 23.8. The number of halogens is 1. The third-order valence-electron chi connectivity index (χ3n) is 5.03. The quantitative estimate of drug-likeness (QED) is 0.888. The number of anilines is 1. The largest absolute Gasteiger partial charge is 0.324 e. The van der Waals surface area contributed by atoms with E-state index in [4.69, 9.17) is 5.73 Å². The Morgan fingerprint density at radius 1 is 1.33 bits per heavy atom. The number of nitrogens with one attached hydrogen (secondary N) is 1. The van der Waals surface area contributed by atoms with E-state index in [1.165, 1.54) is 25.3 Å². The van der Waals surface area contributed by atoms with E-state index in [9.17, 15) is 9.18 Å². The highest BCUT2D eigenvalue weighted by Crippen LogP contribution is 2.40. The minimum absolute atomic E-state index is 0.102. The van der Waals surface area contributed by atoms with Gasteiger partial charge in [-0.1, -0.05) is 32.3 Å². The molecule has 4 heteroatoms. The molecule has 1 amide bonds. The first-order valence-corrected chi connectivity index (χ1v) is 8.01. The van der Waals surface area contributed by atoms with Gasteiger partial charge in [0.2, 0.25) is 5.91 Å². The van der Waals surface area contributed by atoms with Crippen molar-refractivity contribution in [2.45, 2.75) is 57.4 Å². The number of amides is 1. The van der Waals surface area contributed by atoms with Crippen LogP contribution >= 0.6 is 0 Å². The lowest BCUT2D eigenvalue weighted by molar-refractivity contribution is -0.117. The van der Waals surface area contributed by atoms with Crippen molar-refractivity contribution < 1.29 is 9.18 Å². The lowest BCUT2D eigenvalue weighted by Gasteiger charge is -2.28. The van der Waals surface area contributed by atoms with Crippen LogP contribution in [0.1, 0.15) is 68.5 Å². The summed E-state index contributed by atoms with van der Waals surface area (Å²) in [4.78, 5) is 11.9. The van der Waals surface area contributed by atoms with Crippen molar-refractivity contribution >= 4 is 11.6 Å². The van der Waals surface area contributed by atoms with Crippen molar-refractivity contribution in [3.8, 4) is 0 Å². The van der Waals surface area contributed by atoms with E-state index >= 15 is 0 Å². The van der Waals surface area contributed by atoms with Gasteiger partial charge in [-0.25, -0.2) is 4.39 Å². The molecule has 1 aromatic rings. The summed E-state index contributed by atoms with van der Waals surface area (Å²) in [5.74, 6) is -0.262. The van der Waals surface area contributed by atoms with Crippen LogP contribution in [0.25, 0.3) is 0 Å². The molecule has 1 aliphatic heterocycles. The van der Waals surface area contributed by atoms with Gasteiger partial charge in [0.1, 0.15) is 5.82 Å². The summed E-state index contributed by atoms with van der Waals surface area (Å²) < 4.78 is 14.3. The number of fused-ring (bicyclic) bond motifs is 1. The van der Waals surface area contributed by atoms with Crippen LogP contribution in [0.4, 0.5) is 10.1 Å².